The number of carbonyl (C=O) groups is 1. The third-order valence-corrected chi connectivity index (χ3v) is 4.15. The van der Waals surface area contributed by atoms with Gasteiger partial charge in [0.25, 0.3) is 5.69 Å². The lowest BCUT2D eigenvalue weighted by atomic mass is 10.1. The number of fused-ring (bicyclic) bond motifs is 1. The van der Waals surface area contributed by atoms with Crippen molar-refractivity contribution >= 4 is 34.7 Å². The second-order valence-electron chi connectivity index (χ2n) is 5.96. The molecule has 0 amide bonds. The molecule has 3 rings (SSSR count). The number of allylic oxidation sites excluding steroid dienone is 2. The lowest BCUT2D eigenvalue weighted by molar-refractivity contribution is -0.384. The molecule has 0 atom stereocenters. The number of ether oxygens (including phenoxy) is 1. The maximum atomic E-state index is 12.1. The van der Waals surface area contributed by atoms with E-state index in [-0.39, 0.29) is 17.2 Å². The number of non-ortho nitro benzene ring substituents is 1. The molecule has 0 spiro atoms. The Kier molecular flexibility index (Phi) is 5.21. The number of imidazole rings is 1. The number of aryl methyl sites for hydroxylation is 1. The van der Waals surface area contributed by atoms with Crippen LogP contribution in [0.15, 0.2) is 48.6 Å². The lowest BCUT2D eigenvalue weighted by Gasteiger charge is -2.02. The number of ketones is 1. The van der Waals surface area contributed by atoms with Crippen LogP contribution in [-0.4, -0.2) is 32.5 Å². The summed E-state index contributed by atoms with van der Waals surface area (Å²) in [4.78, 5) is 26.8. The van der Waals surface area contributed by atoms with Crippen molar-refractivity contribution in [3.63, 3.8) is 0 Å². The molecule has 0 saturated heterocycles. The number of nitrogens with zero attached hydrogens (tertiary/aromatic N) is 3. The van der Waals surface area contributed by atoms with Crippen LogP contribution in [0.25, 0.3) is 23.2 Å². The number of methoxy groups -OCH3 is 1. The van der Waals surface area contributed by atoms with Gasteiger partial charge in [0.15, 0.2) is 17.3 Å². The minimum atomic E-state index is -0.477. The van der Waals surface area contributed by atoms with Gasteiger partial charge in [0.1, 0.15) is 5.82 Å². The third kappa shape index (κ3) is 3.90. The van der Waals surface area contributed by atoms with E-state index >= 15 is 0 Å². The maximum absolute atomic E-state index is 12.1. The number of hydrogen-bond donors (Lipinski definition) is 1. The maximum Gasteiger partial charge on any atom is 0.271 e. The van der Waals surface area contributed by atoms with Gasteiger partial charge in [-0.1, -0.05) is 12.1 Å². The molecule has 3 aromatic rings. The molecule has 2 aromatic carbocycles. The Hall–Kier alpha value is -3.94. The van der Waals surface area contributed by atoms with Crippen LogP contribution in [0.5, 0.6) is 11.5 Å². The second kappa shape index (κ2) is 7.75. The molecule has 1 N–H and O–H groups in total. The van der Waals surface area contributed by atoms with Gasteiger partial charge in [-0.3, -0.25) is 14.9 Å². The predicted molar refractivity (Wildman–Crippen MR) is 105 cm³/mol. The molecule has 0 fully saturated rings. The topological polar surface area (TPSA) is 107 Å². The Bertz CT molecular complexity index is 1130. The molecule has 0 saturated carbocycles. The Morgan fingerprint density at radius 3 is 2.64 bits per heavy atom. The zero-order valence-electron chi connectivity index (χ0n) is 15.2. The van der Waals surface area contributed by atoms with Gasteiger partial charge in [-0.05, 0) is 42.0 Å². The van der Waals surface area contributed by atoms with Gasteiger partial charge in [-0.25, -0.2) is 4.98 Å². The quantitative estimate of drug-likeness (QED) is 0.399. The van der Waals surface area contributed by atoms with Crippen LogP contribution < -0.4 is 4.74 Å². The highest BCUT2D eigenvalue weighted by Gasteiger charge is 2.11. The fourth-order valence-corrected chi connectivity index (χ4v) is 2.67. The highest BCUT2D eigenvalue weighted by molar-refractivity contribution is 6.04. The molecular weight excluding hydrogens is 362 g/mol. The van der Waals surface area contributed by atoms with Crippen molar-refractivity contribution in [2.45, 2.75) is 0 Å². The molecule has 1 aromatic heterocycles. The average Bonchev–Trinajstić information content (AvgIpc) is 3.00. The smallest absolute Gasteiger partial charge is 0.271 e. The number of aromatic nitrogens is 2. The first-order valence-corrected chi connectivity index (χ1v) is 8.27. The van der Waals surface area contributed by atoms with Gasteiger partial charge in [0.05, 0.1) is 23.1 Å². The highest BCUT2D eigenvalue weighted by Crippen LogP contribution is 2.26. The fraction of sp³-hybridized carbons (Fsp3) is 0.100. The van der Waals surface area contributed by atoms with E-state index in [4.69, 9.17) is 4.74 Å². The highest BCUT2D eigenvalue weighted by atomic mass is 16.6. The number of phenolic OH excluding ortho intramolecular Hbond substituents is 1. The van der Waals surface area contributed by atoms with Crippen LogP contribution in [0.1, 0.15) is 11.4 Å². The molecule has 0 unspecified atom stereocenters. The summed E-state index contributed by atoms with van der Waals surface area (Å²) in [6, 6.07) is 9.24. The summed E-state index contributed by atoms with van der Waals surface area (Å²) >= 11 is 0. The summed E-state index contributed by atoms with van der Waals surface area (Å²) in [7, 11) is 3.22. The Balaban J connectivity index is 1.77. The molecule has 8 heteroatoms. The summed E-state index contributed by atoms with van der Waals surface area (Å²) in [5.41, 5.74) is 1.81. The molecule has 0 aliphatic carbocycles. The third-order valence-electron chi connectivity index (χ3n) is 4.15. The number of nitro groups is 1. The summed E-state index contributed by atoms with van der Waals surface area (Å²) in [5, 5.41) is 20.6. The summed E-state index contributed by atoms with van der Waals surface area (Å²) in [6.07, 6.45) is 5.84. The van der Waals surface area contributed by atoms with Gasteiger partial charge in [0.2, 0.25) is 0 Å². The molecular formula is C20H17N3O5. The standard InChI is InChI=1S/C20H17N3O5/c1-22-17-8-5-14(23(26)27)12-16(17)21-20(22)10-7-15(24)6-3-13-4-9-19(28-2)18(25)11-13/h3-12,25H,1-2H3/b6-3+,10-7+. The van der Waals surface area contributed by atoms with Crippen molar-refractivity contribution < 1.29 is 19.6 Å². The van der Waals surface area contributed by atoms with E-state index in [0.29, 0.717) is 22.7 Å². The monoisotopic (exact) mass is 379 g/mol. The SMILES string of the molecule is COc1ccc(/C=C/C(=O)/C=C/c2nc3cc([N+](=O)[O-])ccc3n2C)cc1O. The van der Waals surface area contributed by atoms with Gasteiger partial charge >= 0.3 is 0 Å². The average molecular weight is 379 g/mol. The zero-order valence-corrected chi connectivity index (χ0v) is 15.2. The first-order valence-electron chi connectivity index (χ1n) is 8.27. The number of phenols is 1. The molecule has 0 radical (unpaired) electrons. The zero-order chi connectivity index (χ0) is 20.3. The van der Waals surface area contributed by atoms with E-state index in [1.807, 2.05) is 0 Å². The molecule has 0 bridgehead atoms. The van der Waals surface area contributed by atoms with Crippen LogP contribution in [0.4, 0.5) is 5.69 Å². The molecule has 142 valence electrons. The number of nitro benzene ring substituents is 1. The Morgan fingerprint density at radius 2 is 1.96 bits per heavy atom. The van der Waals surface area contributed by atoms with Crippen molar-refractivity contribution in [3.8, 4) is 11.5 Å². The van der Waals surface area contributed by atoms with E-state index < -0.39 is 4.92 Å². The van der Waals surface area contributed by atoms with Gasteiger partial charge in [-0.15, -0.1) is 0 Å². The Labute approximate surface area is 160 Å². The molecule has 0 aliphatic heterocycles. The molecule has 0 aliphatic rings. The van der Waals surface area contributed by atoms with Crippen LogP contribution in [0.3, 0.4) is 0 Å². The van der Waals surface area contributed by atoms with Gasteiger partial charge < -0.3 is 14.4 Å². The number of rotatable bonds is 6. The van der Waals surface area contributed by atoms with Crippen LogP contribution in [0.2, 0.25) is 0 Å². The first-order chi connectivity index (χ1) is 13.4. The second-order valence-corrected chi connectivity index (χ2v) is 5.96. The largest absolute Gasteiger partial charge is 0.504 e. The Morgan fingerprint density at radius 1 is 1.21 bits per heavy atom. The molecule has 28 heavy (non-hydrogen) atoms. The van der Waals surface area contributed by atoms with Crippen LogP contribution in [-0.2, 0) is 11.8 Å². The van der Waals surface area contributed by atoms with Gasteiger partial charge in [-0.2, -0.15) is 0 Å². The minimum Gasteiger partial charge on any atom is -0.504 e. The summed E-state index contributed by atoms with van der Waals surface area (Å²) < 4.78 is 6.72. The van der Waals surface area contributed by atoms with Crippen molar-refractivity contribution in [1.82, 2.24) is 9.55 Å². The van der Waals surface area contributed by atoms with E-state index in [1.165, 1.54) is 37.5 Å². The van der Waals surface area contributed by atoms with Crippen molar-refractivity contribution in [3.05, 3.63) is 70.1 Å². The fourth-order valence-electron chi connectivity index (χ4n) is 2.67. The van der Waals surface area contributed by atoms with Crippen molar-refractivity contribution in [2.75, 3.05) is 7.11 Å². The van der Waals surface area contributed by atoms with Crippen molar-refractivity contribution in [1.29, 1.82) is 0 Å². The summed E-state index contributed by atoms with van der Waals surface area (Å²) in [5.74, 6) is 0.569. The number of carbonyl (C=O) groups excluding carboxylic acids is 1. The number of aromatic hydroxyl groups is 1. The normalized spacial score (nSPS) is 11.5. The van der Waals surface area contributed by atoms with E-state index in [2.05, 4.69) is 4.98 Å². The minimum absolute atomic E-state index is 0.0126. The van der Waals surface area contributed by atoms with Crippen LogP contribution >= 0.6 is 0 Å². The van der Waals surface area contributed by atoms with Crippen molar-refractivity contribution in [2.24, 2.45) is 7.05 Å². The van der Waals surface area contributed by atoms with Gasteiger partial charge in [0, 0.05) is 19.2 Å². The number of hydrogen-bond acceptors (Lipinski definition) is 6. The molecule has 8 nitrogen and oxygen atoms in total. The number of benzene rings is 2. The van der Waals surface area contributed by atoms with E-state index in [1.54, 1.807) is 42.0 Å². The molecule has 1 heterocycles. The van der Waals surface area contributed by atoms with E-state index in [9.17, 15) is 20.0 Å². The predicted octanol–water partition coefficient (Wildman–Crippen LogP) is 3.49. The summed E-state index contributed by atoms with van der Waals surface area (Å²) in [6.45, 7) is 0. The van der Waals surface area contributed by atoms with E-state index in [0.717, 1.165) is 5.52 Å². The van der Waals surface area contributed by atoms with Crippen LogP contribution in [0, 0.1) is 10.1 Å². The first kappa shape index (κ1) is 18.8. The lowest BCUT2D eigenvalue weighted by Crippen LogP contribution is -1.93.